The fourth-order valence-electron chi connectivity index (χ4n) is 4.08. The monoisotopic (exact) mass is 313 g/mol. The van der Waals surface area contributed by atoms with Crippen LogP contribution >= 0.6 is 0 Å². The molecule has 2 unspecified atom stereocenters. The summed E-state index contributed by atoms with van der Waals surface area (Å²) >= 11 is 0. The number of likely N-dealkylation sites (tertiary alicyclic amines) is 1. The number of nitrogens with zero attached hydrogens (tertiary/aromatic N) is 1. The zero-order chi connectivity index (χ0) is 15.6. The molecule has 0 bridgehead atoms. The van der Waals surface area contributed by atoms with E-state index in [1.54, 1.807) is 0 Å². The Balaban J connectivity index is 1.25. The molecule has 124 valence electrons. The van der Waals surface area contributed by atoms with Crippen molar-refractivity contribution in [2.24, 2.45) is 11.8 Å². The van der Waals surface area contributed by atoms with Gasteiger partial charge in [-0.25, -0.2) is 5.43 Å². The SMILES string of the molecule is O=C(C1CC(C2CC2)NN1)N1CCC(Cc2ccccc2)CC1. The first-order valence-electron chi connectivity index (χ1n) is 9.13. The van der Waals surface area contributed by atoms with Crippen LogP contribution in [0.1, 0.15) is 37.7 Å². The maximum absolute atomic E-state index is 12.7. The second-order valence-corrected chi connectivity index (χ2v) is 7.48. The molecule has 1 aromatic rings. The summed E-state index contributed by atoms with van der Waals surface area (Å²) in [5.74, 6) is 1.83. The average Bonchev–Trinajstić information content (AvgIpc) is 3.33. The van der Waals surface area contributed by atoms with Crippen molar-refractivity contribution >= 4 is 5.91 Å². The first kappa shape index (κ1) is 15.2. The average molecular weight is 313 g/mol. The fraction of sp³-hybridized carbons (Fsp3) is 0.632. The number of piperidine rings is 1. The molecule has 2 N–H and O–H groups in total. The highest BCUT2D eigenvalue weighted by atomic mass is 16.2. The van der Waals surface area contributed by atoms with Crippen molar-refractivity contribution in [1.82, 2.24) is 15.8 Å². The van der Waals surface area contributed by atoms with Crippen molar-refractivity contribution in [2.45, 2.75) is 50.6 Å². The van der Waals surface area contributed by atoms with E-state index in [-0.39, 0.29) is 6.04 Å². The van der Waals surface area contributed by atoms with Crippen LogP contribution in [-0.2, 0) is 11.2 Å². The minimum Gasteiger partial charge on any atom is -0.341 e. The van der Waals surface area contributed by atoms with Crippen LogP contribution in [0.5, 0.6) is 0 Å². The highest BCUT2D eigenvalue weighted by Gasteiger charge is 2.40. The number of carbonyl (C=O) groups is 1. The smallest absolute Gasteiger partial charge is 0.241 e. The molecule has 0 aromatic heterocycles. The lowest BCUT2D eigenvalue weighted by atomic mass is 9.90. The summed E-state index contributed by atoms with van der Waals surface area (Å²) in [6.07, 6.45) is 7.03. The van der Waals surface area contributed by atoms with Crippen LogP contribution in [0.25, 0.3) is 0 Å². The summed E-state index contributed by atoms with van der Waals surface area (Å²) < 4.78 is 0. The van der Waals surface area contributed by atoms with Crippen LogP contribution in [0.4, 0.5) is 0 Å². The Kier molecular flexibility index (Phi) is 4.36. The van der Waals surface area contributed by atoms with E-state index in [1.165, 1.54) is 18.4 Å². The molecule has 4 heteroatoms. The highest BCUT2D eigenvalue weighted by Crippen LogP contribution is 2.36. The predicted octanol–water partition coefficient (Wildman–Crippen LogP) is 2.11. The topological polar surface area (TPSA) is 44.4 Å². The second-order valence-electron chi connectivity index (χ2n) is 7.48. The zero-order valence-corrected chi connectivity index (χ0v) is 13.7. The third kappa shape index (κ3) is 3.59. The summed E-state index contributed by atoms with van der Waals surface area (Å²) in [6.45, 7) is 1.84. The Morgan fingerprint density at radius 1 is 1.04 bits per heavy atom. The molecular weight excluding hydrogens is 286 g/mol. The molecule has 1 amide bonds. The van der Waals surface area contributed by atoms with Crippen LogP contribution < -0.4 is 10.9 Å². The number of hydrogen-bond donors (Lipinski definition) is 2. The highest BCUT2D eigenvalue weighted by molar-refractivity contribution is 5.82. The fourth-order valence-corrected chi connectivity index (χ4v) is 4.08. The Labute approximate surface area is 138 Å². The van der Waals surface area contributed by atoms with Crippen LogP contribution in [0.3, 0.4) is 0 Å². The van der Waals surface area contributed by atoms with Crippen LogP contribution in [-0.4, -0.2) is 36.0 Å². The summed E-state index contributed by atoms with van der Waals surface area (Å²) in [6, 6.07) is 11.2. The second kappa shape index (κ2) is 6.62. The number of rotatable bonds is 4. The van der Waals surface area contributed by atoms with E-state index in [0.29, 0.717) is 11.9 Å². The number of hydrazine groups is 1. The van der Waals surface area contributed by atoms with Gasteiger partial charge in [0.05, 0.1) is 0 Å². The number of hydrogen-bond acceptors (Lipinski definition) is 3. The van der Waals surface area contributed by atoms with Gasteiger partial charge >= 0.3 is 0 Å². The first-order chi connectivity index (χ1) is 11.3. The Morgan fingerprint density at radius 2 is 1.78 bits per heavy atom. The molecular formula is C19H27N3O. The van der Waals surface area contributed by atoms with Crippen molar-refractivity contribution in [1.29, 1.82) is 0 Å². The maximum Gasteiger partial charge on any atom is 0.241 e. The number of nitrogens with one attached hydrogen (secondary N) is 2. The quantitative estimate of drug-likeness (QED) is 0.895. The van der Waals surface area contributed by atoms with Gasteiger partial charge in [0.1, 0.15) is 6.04 Å². The summed E-state index contributed by atoms with van der Waals surface area (Å²) in [4.78, 5) is 14.8. The molecule has 23 heavy (non-hydrogen) atoms. The first-order valence-corrected chi connectivity index (χ1v) is 9.13. The number of carbonyl (C=O) groups excluding carboxylic acids is 1. The molecule has 4 nitrogen and oxygen atoms in total. The van der Waals surface area contributed by atoms with Gasteiger partial charge in [-0.05, 0) is 55.9 Å². The van der Waals surface area contributed by atoms with Crippen molar-refractivity contribution in [3.05, 3.63) is 35.9 Å². The lowest BCUT2D eigenvalue weighted by Crippen LogP contribution is -2.48. The van der Waals surface area contributed by atoms with E-state index in [1.807, 2.05) is 0 Å². The van der Waals surface area contributed by atoms with E-state index < -0.39 is 0 Å². The van der Waals surface area contributed by atoms with E-state index in [4.69, 9.17) is 0 Å². The maximum atomic E-state index is 12.7. The van der Waals surface area contributed by atoms with E-state index >= 15 is 0 Å². The van der Waals surface area contributed by atoms with Gasteiger partial charge < -0.3 is 4.90 Å². The van der Waals surface area contributed by atoms with E-state index in [2.05, 4.69) is 46.1 Å². The van der Waals surface area contributed by atoms with Crippen molar-refractivity contribution < 1.29 is 4.79 Å². The summed E-state index contributed by atoms with van der Waals surface area (Å²) in [5, 5.41) is 0. The minimum atomic E-state index is -0.00808. The van der Waals surface area contributed by atoms with Crippen molar-refractivity contribution in [3.63, 3.8) is 0 Å². The van der Waals surface area contributed by atoms with Gasteiger partial charge in [-0.2, -0.15) is 0 Å². The van der Waals surface area contributed by atoms with Gasteiger partial charge in [0.15, 0.2) is 0 Å². The molecule has 2 aliphatic heterocycles. The van der Waals surface area contributed by atoms with E-state index in [0.717, 1.165) is 50.6 Å². The largest absolute Gasteiger partial charge is 0.341 e. The van der Waals surface area contributed by atoms with Crippen LogP contribution in [0.2, 0.25) is 0 Å². The molecule has 2 heterocycles. The van der Waals surface area contributed by atoms with Gasteiger partial charge in [-0.1, -0.05) is 30.3 Å². The minimum absolute atomic E-state index is 0.00808. The number of amides is 1. The van der Waals surface area contributed by atoms with Gasteiger partial charge in [0, 0.05) is 19.1 Å². The molecule has 3 aliphatic rings. The van der Waals surface area contributed by atoms with E-state index in [9.17, 15) is 4.79 Å². The van der Waals surface area contributed by atoms with Crippen LogP contribution in [0.15, 0.2) is 30.3 Å². The van der Waals surface area contributed by atoms with Gasteiger partial charge in [-0.15, -0.1) is 0 Å². The number of benzene rings is 1. The molecule has 4 rings (SSSR count). The third-order valence-corrected chi connectivity index (χ3v) is 5.72. The normalized spacial score (nSPS) is 29.0. The lowest BCUT2D eigenvalue weighted by molar-refractivity contribution is -0.134. The molecule has 1 aromatic carbocycles. The van der Waals surface area contributed by atoms with Gasteiger partial charge in [0.2, 0.25) is 5.91 Å². The Morgan fingerprint density at radius 3 is 2.48 bits per heavy atom. The molecule has 0 spiro atoms. The molecule has 1 aliphatic carbocycles. The van der Waals surface area contributed by atoms with Gasteiger partial charge in [0.25, 0.3) is 0 Å². The molecule has 3 fully saturated rings. The standard InChI is InChI=1S/C19H27N3O/c23-19(18-13-17(20-21-18)16-6-7-16)22-10-8-15(9-11-22)12-14-4-2-1-3-5-14/h1-5,15-18,20-21H,6-13H2. The molecule has 2 atom stereocenters. The zero-order valence-electron chi connectivity index (χ0n) is 13.7. The van der Waals surface area contributed by atoms with Crippen molar-refractivity contribution in [3.8, 4) is 0 Å². The summed E-state index contributed by atoms with van der Waals surface area (Å²) in [5.41, 5.74) is 7.99. The predicted molar refractivity (Wildman–Crippen MR) is 90.6 cm³/mol. The molecule has 1 saturated carbocycles. The molecule has 2 saturated heterocycles. The molecule has 0 radical (unpaired) electrons. The van der Waals surface area contributed by atoms with Crippen LogP contribution in [0, 0.1) is 11.8 Å². The Hall–Kier alpha value is -1.39. The van der Waals surface area contributed by atoms with Gasteiger partial charge in [-0.3, -0.25) is 10.2 Å². The third-order valence-electron chi connectivity index (χ3n) is 5.72. The lowest BCUT2D eigenvalue weighted by Gasteiger charge is -2.33. The summed E-state index contributed by atoms with van der Waals surface area (Å²) in [7, 11) is 0. The Bertz CT molecular complexity index is 535. The van der Waals surface area contributed by atoms with Crippen molar-refractivity contribution in [2.75, 3.05) is 13.1 Å².